The number of nitrogens with zero attached hydrogens (tertiary/aromatic N) is 4. The first-order valence-corrected chi connectivity index (χ1v) is 9.27. The van der Waals surface area contributed by atoms with Gasteiger partial charge in [0.25, 0.3) is 5.69 Å². The van der Waals surface area contributed by atoms with Gasteiger partial charge in [0.2, 0.25) is 0 Å². The zero-order chi connectivity index (χ0) is 21.5. The highest BCUT2D eigenvalue weighted by atomic mass is 16.6. The maximum absolute atomic E-state index is 11.3. The number of rotatable bonds is 2. The highest BCUT2D eigenvalue weighted by molar-refractivity contribution is 5.91. The Morgan fingerprint density at radius 2 is 1.80 bits per heavy atom. The number of nitriles is 3. The van der Waals surface area contributed by atoms with E-state index in [0.717, 1.165) is 16.7 Å². The lowest BCUT2D eigenvalue weighted by atomic mass is 9.59. The van der Waals surface area contributed by atoms with Crippen LogP contribution in [0.4, 0.5) is 5.69 Å². The molecule has 2 aromatic rings. The van der Waals surface area contributed by atoms with Gasteiger partial charge in [0.15, 0.2) is 5.41 Å². The van der Waals surface area contributed by atoms with E-state index in [4.69, 9.17) is 5.73 Å². The van der Waals surface area contributed by atoms with Crippen molar-refractivity contribution in [3.05, 3.63) is 92.2 Å². The Hall–Kier alpha value is -4.41. The van der Waals surface area contributed by atoms with Crippen LogP contribution in [-0.2, 0) is 6.42 Å². The minimum atomic E-state index is -1.83. The van der Waals surface area contributed by atoms with E-state index in [1.807, 2.05) is 36.4 Å². The standard InChI is InChI=1S/C23H15N5O2/c24-11-19-20-17-7-2-1-4-14(17)8-9-18(20)21(23(12-25,13-26)22(19)27)15-5-3-6-16(10-15)28(29)30/h1-7,10,21H,8-9,27H2. The van der Waals surface area contributed by atoms with Gasteiger partial charge in [0.1, 0.15) is 6.07 Å². The summed E-state index contributed by atoms with van der Waals surface area (Å²) in [6.45, 7) is 0. The Morgan fingerprint density at radius 1 is 1.07 bits per heavy atom. The lowest BCUT2D eigenvalue weighted by Crippen LogP contribution is -2.38. The Kier molecular flexibility index (Phi) is 4.34. The van der Waals surface area contributed by atoms with Gasteiger partial charge in [-0.05, 0) is 29.5 Å². The summed E-state index contributed by atoms with van der Waals surface area (Å²) in [6, 6.07) is 19.8. The number of hydrogen-bond donors (Lipinski definition) is 1. The lowest BCUT2D eigenvalue weighted by Gasteiger charge is -2.40. The van der Waals surface area contributed by atoms with Crippen LogP contribution in [-0.4, -0.2) is 4.92 Å². The Bertz CT molecular complexity index is 1270. The number of nitrogens with two attached hydrogens (primary N) is 1. The molecule has 30 heavy (non-hydrogen) atoms. The summed E-state index contributed by atoms with van der Waals surface area (Å²) < 4.78 is 0. The first-order chi connectivity index (χ1) is 14.5. The second kappa shape index (κ2) is 6.88. The van der Waals surface area contributed by atoms with E-state index in [2.05, 4.69) is 6.07 Å². The van der Waals surface area contributed by atoms with E-state index in [0.29, 0.717) is 24.0 Å². The van der Waals surface area contributed by atoms with Crippen LogP contribution in [0.25, 0.3) is 5.57 Å². The van der Waals surface area contributed by atoms with Gasteiger partial charge in [-0.15, -0.1) is 0 Å². The maximum atomic E-state index is 11.3. The van der Waals surface area contributed by atoms with Crippen LogP contribution in [0.15, 0.2) is 65.4 Å². The summed E-state index contributed by atoms with van der Waals surface area (Å²) in [4.78, 5) is 10.8. The van der Waals surface area contributed by atoms with Crippen LogP contribution >= 0.6 is 0 Å². The molecule has 0 bridgehead atoms. The van der Waals surface area contributed by atoms with Crippen LogP contribution in [0.1, 0.15) is 29.0 Å². The van der Waals surface area contributed by atoms with E-state index in [1.165, 1.54) is 18.2 Å². The first-order valence-electron chi connectivity index (χ1n) is 9.27. The van der Waals surface area contributed by atoms with Crippen LogP contribution < -0.4 is 5.73 Å². The van der Waals surface area contributed by atoms with Gasteiger partial charge in [-0.3, -0.25) is 10.1 Å². The molecule has 144 valence electrons. The molecule has 0 radical (unpaired) electrons. The third-order valence-corrected chi connectivity index (χ3v) is 5.88. The number of aryl methyl sites for hydroxylation is 1. The van der Waals surface area contributed by atoms with E-state index < -0.39 is 16.3 Å². The van der Waals surface area contributed by atoms with Crippen molar-refractivity contribution in [1.29, 1.82) is 15.8 Å². The van der Waals surface area contributed by atoms with Crippen LogP contribution in [0.2, 0.25) is 0 Å². The molecule has 0 saturated heterocycles. The van der Waals surface area contributed by atoms with Crippen molar-refractivity contribution in [3.63, 3.8) is 0 Å². The molecule has 1 unspecified atom stereocenters. The number of nitro groups is 1. The molecule has 7 heteroatoms. The first kappa shape index (κ1) is 18.9. The van der Waals surface area contributed by atoms with E-state index in [-0.39, 0.29) is 17.0 Å². The van der Waals surface area contributed by atoms with Gasteiger partial charge in [-0.1, -0.05) is 42.0 Å². The van der Waals surface area contributed by atoms with Gasteiger partial charge in [-0.25, -0.2) is 0 Å². The molecule has 0 aromatic heterocycles. The topological polar surface area (TPSA) is 141 Å². The number of fused-ring (bicyclic) bond motifs is 2. The fourth-order valence-electron chi connectivity index (χ4n) is 4.54. The molecule has 4 rings (SSSR count). The minimum Gasteiger partial charge on any atom is -0.399 e. The Labute approximate surface area is 172 Å². The molecule has 1 atom stereocenters. The molecule has 0 aliphatic heterocycles. The van der Waals surface area contributed by atoms with Crippen molar-refractivity contribution >= 4 is 11.3 Å². The molecular formula is C23H15N5O2. The Balaban J connectivity index is 2.09. The third-order valence-electron chi connectivity index (χ3n) is 5.88. The van der Waals surface area contributed by atoms with E-state index >= 15 is 0 Å². The van der Waals surface area contributed by atoms with Crippen LogP contribution in [0, 0.1) is 49.5 Å². The van der Waals surface area contributed by atoms with Gasteiger partial charge in [0.05, 0.1) is 28.3 Å². The third kappa shape index (κ3) is 2.49. The highest BCUT2D eigenvalue weighted by Gasteiger charge is 2.51. The normalized spacial score (nSPS) is 19.0. The molecule has 7 nitrogen and oxygen atoms in total. The molecule has 0 fully saturated rings. The number of allylic oxidation sites excluding steroid dienone is 4. The summed E-state index contributed by atoms with van der Waals surface area (Å²) >= 11 is 0. The molecule has 2 N–H and O–H groups in total. The predicted molar refractivity (Wildman–Crippen MR) is 108 cm³/mol. The van der Waals surface area contributed by atoms with E-state index in [1.54, 1.807) is 6.07 Å². The van der Waals surface area contributed by atoms with Gasteiger partial charge in [-0.2, -0.15) is 15.8 Å². The van der Waals surface area contributed by atoms with Crippen molar-refractivity contribution in [2.45, 2.75) is 18.8 Å². The largest absolute Gasteiger partial charge is 0.399 e. The minimum absolute atomic E-state index is 0.109. The summed E-state index contributed by atoms with van der Waals surface area (Å²) in [5, 5.41) is 41.4. The van der Waals surface area contributed by atoms with Crippen LogP contribution in [0.5, 0.6) is 0 Å². The van der Waals surface area contributed by atoms with Crippen LogP contribution in [0.3, 0.4) is 0 Å². The molecule has 0 spiro atoms. The monoisotopic (exact) mass is 393 g/mol. The molecular weight excluding hydrogens is 378 g/mol. The summed E-state index contributed by atoms with van der Waals surface area (Å²) in [5.41, 5.74) is 8.11. The van der Waals surface area contributed by atoms with Crippen molar-refractivity contribution in [2.24, 2.45) is 11.1 Å². The van der Waals surface area contributed by atoms with Crippen molar-refractivity contribution in [1.82, 2.24) is 0 Å². The van der Waals surface area contributed by atoms with Crippen molar-refractivity contribution < 1.29 is 4.92 Å². The molecule has 0 heterocycles. The molecule has 2 aromatic carbocycles. The predicted octanol–water partition coefficient (Wildman–Crippen LogP) is 3.86. The van der Waals surface area contributed by atoms with Crippen molar-refractivity contribution in [3.8, 4) is 18.2 Å². The summed E-state index contributed by atoms with van der Waals surface area (Å²) in [5.74, 6) is -0.812. The number of nitro benzene ring substituents is 1. The molecule has 2 aliphatic carbocycles. The fraction of sp³-hybridized carbons (Fsp3) is 0.174. The number of hydrogen-bond acceptors (Lipinski definition) is 6. The molecule has 0 amide bonds. The SMILES string of the molecule is N#CC1=C(N)C(C#N)(C#N)C(c2cccc([N+](=O)[O-])c2)C2=C1c1ccccc1CC2. The highest BCUT2D eigenvalue weighted by Crippen LogP contribution is 2.56. The quantitative estimate of drug-likeness (QED) is 0.606. The average Bonchev–Trinajstić information content (AvgIpc) is 2.78. The van der Waals surface area contributed by atoms with Gasteiger partial charge in [0, 0.05) is 23.6 Å². The zero-order valence-electron chi connectivity index (χ0n) is 15.8. The second-order valence-corrected chi connectivity index (χ2v) is 7.27. The second-order valence-electron chi connectivity index (χ2n) is 7.27. The Morgan fingerprint density at radius 3 is 2.47 bits per heavy atom. The fourth-order valence-corrected chi connectivity index (χ4v) is 4.54. The van der Waals surface area contributed by atoms with Gasteiger partial charge < -0.3 is 5.73 Å². The molecule has 2 aliphatic rings. The lowest BCUT2D eigenvalue weighted by molar-refractivity contribution is -0.384. The molecule has 0 saturated carbocycles. The zero-order valence-corrected chi connectivity index (χ0v) is 15.8. The number of benzene rings is 2. The average molecular weight is 393 g/mol. The van der Waals surface area contributed by atoms with E-state index in [9.17, 15) is 25.9 Å². The number of non-ortho nitro benzene ring substituents is 1. The van der Waals surface area contributed by atoms with Gasteiger partial charge >= 0.3 is 0 Å². The summed E-state index contributed by atoms with van der Waals surface area (Å²) in [7, 11) is 0. The maximum Gasteiger partial charge on any atom is 0.269 e. The smallest absolute Gasteiger partial charge is 0.269 e. The summed E-state index contributed by atoms with van der Waals surface area (Å²) in [6.07, 6.45) is 1.19. The van der Waals surface area contributed by atoms with Crippen molar-refractivity contribution in [2.75, 3.05) is 0 Å².